The minimum absolute atomic E-state index is 0.0692. The van der Waals surface area contributed by atoms with Crippen molar-refractivity contribution in [1.82, 2.24) is 14.9 Å². The van der Waals surface area contributed by atoms with Gasteiger partial charge in [0, 0.05) is 31.5 Å². The first-order chi connectivity index (χ1) is 17.0. The van der Waals surface area contributed by atoms with Gasteiger partial charge < -0.3 is 30.6 Å². The van der Waals surface area contributed by atoms with Crippen LogP contribution >= 0.6 is 0 Å². The van der Waals surface area contributed by atoms with Crippen LogP contribution < -0.4 is 15.8 Å². The number of nitrogens with one attached hydrogen (secondary N) is 1. The Bertz CT molecular complexity index is 1130. The average molecular weight is 507 g/mol. The van der Waals surface area contributed by atoms with Crippen molar-refractivity contribution in [3.63, 3.8) is 0 Å². The molecule has 3 rings (SSSR count). The number of hydrogen-bond donors (Lipinski definition) is 3. The Morgan fingerprint density at radius 3 is 2.61 bits per heavy atom. The van der Waals surface area contributed by atoms with Crippen LogP contribution in [0.1, 0.15) is 51.7 Å². The second-order valence-electron chi connectivity index (χ2n) is 9.28. The van der Waals surface area contributed by atoms with Gasteiger partial charge in [0.15, 0.2) is 5.84 Å². The van der Waals surface area contributed by atoms with E-state index in [1.165, 1.54) is 6.33 Å². The summed E-state index contributed by atoms with van der Waals surface area (Å²) in [7, 11) is 0. The number of rotatable bonds is 7. The van der Waals surface area contributed by atoms with Crippen molar-refractivity contribution in [3.8, 4) is 5.88 Å². The highest BCUT2D eigenvalue weighted by Crippen LogP contribution is 2.31. The van der Waals surface area contributed by atoms with Gasteiger partial charge in [-0.3, -0.25) is 0 Å². The molecular weight excluding hydrogens is 474 g/mol. The lowest BCUT2D eigenvalue weighted by atomic mass is 9.91. The molecule has 1 saturated heterocycles. The lowest BCUT2D eigenvalue weighted by Gasteiger charge is -2.41. The summed E-state index contributed by atoms with van der Waals surface area (Å²) in [6.07, 6.45) is 1.68. The van der Waals surface area contributed by atoms with Crippen LogP contribution in [0.2, 0.25) is 0 Å². The van der Waals surface area contributed by atoms with Crippen molar-refractivity contribution in [2.75, 3.05) is 11.9 Å². The lowest BCUT2D eigenvalue weighted by Crippen LogP contribution is -2.51. The molecule has 2 heterocycles. The van der Waals surface area contributed by atoms with Gasteiger partial charge in [-0.1, -0.05) is 19.0 Å². The largest absolute Gasteiger partial charge is 0.474 e. The van der Waals surface area contributed by atoms with Gasteiger partial charge in [-0.25, -0.2) is 23.5 Å². The van der Waals surface area contributed by atoms with Crippen molar-refractivity contribution in [2.24, 2.45) is 16.8 Å². The SMILES string of the molecule is Cc1c(Nc2cc(F)c(C(N)=NO)cc2F)ncnc1OC1CCN(C(=O)OC(C)C)C(C(C)C)C1. The number of amidine groups is 1. The fraction of sp³-hybridized carbons (Fsp3) is 0.500. The number of ether oxygens (including phenoxy) is 2. The Morgan fingerprint density at radius 2 is 1.97 bits per heavy atom. The zero-order valence-corrected chi connectivity index (χ0v) is 21.0. The monoisotopic (exact) mass is 506 g/mol. The molecule has 2 aromatic rings. The molecule has 36 heavy (non-hydrogen) atoms. The fourth-order valence-electron chi connectivity index (χ4n) is 4.06. The second kappa shape index (κ2) is 11.4. The highest BCUT2D eigenvalue weighted by molar-refractivity contribution is 5.97. The maximum Gasteiger partial charge on any atom is 0.410 e. The predicted octanol–water partition coefficient (Wildman–Crippen LogP) is 4.31. The molecule has 10 nitrogen and oxygen atoms in total. The minimum atomic E-state index is -0.875. The van der Waals surface area contributed by atoms with Crippen molar-refractivity contribution >= 4 is 23.4 Å². The Morgan fingerprint density at radius 1 is 1.25 bits per heavy atom. The first-order valence-electron chi connectivity index (χ1n) is 11.7. The Kier molecular flexibility index (Phi) is 8.49. The van der Waals surface area contributed by atoms with E-state index >= 15 is 0 Å². The van der Waals surface area contributed by atoms with Gasteiger partial charge in [-0.05, 0) is 32.8 Å². The highest BCUT2D eigenvalue weighted by Gasteiger charge is 2.36. The van der Waals surface area contributed by atoms with Crippen LogP contribution in [0, 0.1) is 24.5 Å². The third-order valence-electron chi connectivity index (χ3n) is 5.95. The zero-order valence-electron chi connectivity index (χ0n) is 21.0. The third kappa shape index (κ3) is 6.10. The maximum atomic E-state index is 14.6. The zero-order chi connectivity index (χ0) is 26.6. The summed E-state index contributed by atoms with van der Waals surface area (Å²) in [5, 5.41) is 14.2. The van der Waals surface area contributed by atoms with Crippen LogP contribution in [0.5, 0.6) is 5.88 Å². The van der Waals surface area contributed by atoms with Gasteiger partial charge in [-0.2, -0.15) is 0 Å². The summed E-state index contributed by atoms with van der Waals surface area (Å²) in [4.78, 5) is 22.6. The van der Waals surface area contributed by atoms with Crippen LogP contribution in [0.15, 0.2) is 23.6 Å². The number of nitrogens with zero attached hydrogens (tertiary/aromatic N) is 4. The van der Waals surface area contributed by atoms with Crippen molar-refractivity contribution in [3.05, 3.63) is 41.2 Å². The number of aromatic nitrogens is 2. The van der Waals surface area contributed by atoms with E-state index in [1.54, 1.807) is 11.8 Å². The van der Waals surface area contributed by atoms with Gasteiger partial charge in [0.05, 0.1) is 22.9 Å². The number of amides is 1. The van der Waals surface area contributed by atoms with Gasteiger partial charge in [0.1, 0.15) is 29.9 Å². The average Bonchev–Trinajstić information content (AvgIpc) is 2.82. The van der Waals surface area contributed by atoms with Crippen molar-refractivity contribution in [1.29, 1.82) is 0 Å². The number of oxime groups is 1. The molecule has 0 bridgehead atoms. The standard InChI is InChI=1S/C24H32F2N6O4/c1-12(2)20-8-15(6-7-32(20)24(33)35-13(3)4)36-23-14(5)22(28-11-29-23)30-19-10-17(25)16(9-18(19)26)21(27)31-34/h9-13,15,20,34H,6-8H2,1-5H3,(H2,27,31)(H,28,29,30). The van der Waals surface area contributed by atoms with E-state index < -0.39 is 17.5 Å². The molecule has 0 radical (unpaired) electrons. The summed E-state index contributed by atoms with van der Waals surface area (Å²) in [6, 6.07) is 1.65. The van der Waals surface area contributed by atoms with Crippen molar-refractivity contribution < 1.29 is 28.3 Å². The molecule has 2 atom stereocenters. The molecule has 0 saturated carbocycles. The molecule has 1 aromatic carbocycles. The Labute approximate surface area is 208 Å². The molecule has 1 aliphatic rings. The normalized spacial score (nSPS) is 18.5. The lowest BCUT2D eigenvalue weighted by molar-refractivity contribution is 0.0125. The maximum absolute atomic E-state index is 14.6. The number of hydrogen-bond acceptors (Lipinski definition) is 8. The number of piperidine rings is 1. The number of halogens is 2. The number of carbonyl (C=O) groups is 1. The topological polar surface area (TPSA) is 135 Å². The number of anilines is 2. The van der Waals surface area contributed by atoms with Crippen LogP contribution in [-0.2, 0) is 4.74 Å². The summed E-state index contributed by atoms with van der Waals surface area (Å²) in [5.41, 5.74) is 5.33. The van der Waals surface area contributed by atoms with E-state index in [2.05, 4.69) is 20.4 Å². The third-order valence-corrected chi connectivity index (χ3v) is 5.95. The predicted molar refractivity (Wildman–Crippen MR) is 130 cm³/mol. The molecule has 1 aliphatic heterocycles. The fourth-order valence-corrected chi connectivity index (χ4v) is 4.06. The van der Waals surface area contributed by atoms with E-state index in [0.717, 1.165) is 12.1 Å². The molecule has 1 amide bonds. The van der Waals surface area contributed by atoms with E-state index in [1.807, 2.05) is 27.7 Å². The van der Waals surface area contributed by atoms with Crippen molar-refractivity contribution in [2.45, 2.75) is 65.7 Å². The highest BCUT2D eigenvalue weighted by atomic mass is 19.1. The number of nitrogens with two attached hydrogens (primary N) is 1. The van der Waals surface area contributed by atoms with E-state index in [4.69, 9.17) is 20.4 Å². The number of likely N-dealkylation sites (tertiary alicyclic amines) is 1. The van der Waals surface area contributed by atoms with E-state index in [-0.39, 0.29) is 47.3 Å². The summed E-state index contributed by atoms with van der Waals surface area (Å²) in [5.74, 6) is -1.53. The van der Waals surface area contributed by atoms with Crippen LogP contribution in [0.3, 0.4) is 0 Å². The van der Waals surface area contributed by atoms with Crippen LogP contribution in [-0.4, -0.2) is 56.8 Å². The molecule has 4 N–H and O–H groups in total. The van der Waals surface area contributed by atoms with Gasteiger partial charge >= 0.3 is 6.09 Å². The molecule has 1 fully saturated rings. The van der Waals surface area contributed by atoms with Gasteiger partial charge in [-0.15, -0.1) is 0 Å². The van der Waals surface area contributed by atoms with E-state index in [9.17, 15) is 13.6 Å². The van der Waals surface area contributed by atoms with Crippen LogP contribution in [0.25, 0.3) is 0 Å². The molecule has 0 aliphatic carbocycles. The summed E-state index contributed by atoms with van der Waals surface area (Å²) < 4.78 is 40.5. The Balaban J connectivity index is 1.76. The quantitative estimate of drug-likeness (QED) is 0.219. The molecule has 12 heteroatoms. The smallest absolute Gasteiger partial charge is 0.410 e. The van der Waals surface area contributed by atoms with E-state index in [0.29, 0.717) is 30.8 Å². The number of benzene rings is 1. The molecule has 196 valence electrons. The van der Waals surface area contributed by atoms with Crippen LogP contribution in [0.4, 0.5) is 25.1 Å². The summed E-state index contributed by atoms with van der Waals surface area (Å²) >= 11 is 0. The first kappa shape index (κ1) is 26.9. The molecule has 1 aromatic heterocycles. The number of carbonyl (C=O) groups excluding carboxylic acids is 1. The first-order valence-corrected chi connectivity index (χ1v) is 11.7. The van der Waals surface area contributed by atoms with Gasteiger partial charge in [0.25, 0.3) is 0 Å². The minimum Gasteiger partial charge on any atom is -0.474 e. The second-order valence-corrected chi connectivity index (χ2v) is 9.28. The summed E-state index contributed by atoms with van der Waals surface area (Å²) in [6.45, 7) is 9.89. The molecule has 2 unspecified atom stereocenters. The Hall–Kier alpha value is -3.70. The molecular formula is C24H32F2N6O4. The molecule has 0 spiro atoms. The van der Waals surface area contributed by atoms with Gasteiger partial charge in [0.2, 0.25) is 5.88 Å².